The number of hydrogen-bond donors (Lipinski definition) is 6. The number of aliphatic hydroxyl groups excluding tert-OH is 1. The van der Waals surface area contributed by atoms with E-state index in [-0.39, 0.29) is 12.3 Å². The first-order valence-corrected chi connectivity index (χ1v) is 9.64. The van der Waals surface area contributed by atoms with Crippen LogP contribution in [0.2, 0.25) is 0 Å². The summed E-state index contributed by atoms with van der Waals surface area (Å²) < 4.78 is 0. The van der Waals surface area contributed by atoms with E-state index >= 15 is 0 Å². The predicted molar refractivity (Wildman–Crippen MR) is 109 cm³/mol. The maximum absolute atomic E-state index is 12.2. The number of rotatable bonds is 12. The summed E-state index contributed by atoms with van der Waals surface area (Å²) in [6.45, 7) is 2.43. The van der Waals surface area contributed by atoms with E-state index in [1.807, 2.05) is 30.3 Å². The molecule has 1 aromatic rings. The van der Waals surface area contributed by atoms with Crippen LogP contribution in [0.25, 0.3) is 0 Å². The Bertz CT molecular complexity index is 725. The molecule has 0 fully saturated rings. The number of carbonyl (C=O) groups is 4. The third kappa shape index (κ3) is 9.01. The van der Waals surface area contributed by atoms with Gasteiger partial charge in [0.2, 0.25) is 17.7 Å². The zero-order valence-corrected chi connectivity index (χ0v) is 17.1. The smallest absolute Gasteiger partial charge is 0.326 e. The van der Waals surface area contributed by atoms with E-state index in [1.54, 1.807) is 13.8 Å². The van der Waals surface area contributed by atoms with E-state index in [2.05, 4.69) is 16.0 Å². The summed E-state index contributed by atoms with van der Waals surface area (Å²) in [4.78, 5) is 47.5. The van der Waals surface area contributed by atoms with Gasteiger partial charge in [-0.15, -0.1) is 0 Å². The zero-order chi connectivity index (χ0) is 22.7. The van der Waals surface area contributed by atoms with Crippen LogP contribution in [0, 0.1) is 5.92 Å². The molecule has 0 aliphatic rings. The van der Waals surface area contributed by atoms with Crippen molar-refractivity contribution in [1.29, 1.82) is 0 Å². The highest BCUT2D eigenvalue weighted by atomic mass is 16.4. The Morgan fingerprint density at radius 3 is 2.17 bits per heavy atom. The molecule has 1 aromatic carbocycles. The molecule has 0 aliphatic heterocycles. The van der Waals surface area contributed by atoms with Crippen molar-refractivity contribution < 1.29 is 29.4 Å². The van der Waals surface area contributed by atoms with Crippen LogP contribution in [0.4, 0.5) is 0 Å². The second kappa shape index (κ2) is 12.6. The molecule has 0 bridgehead atoms. The van der Waals surface area contributed by atoms with E-state index in [0.717, 1.165) is 5.56 Å². The zero-order valence-electron chi connectivity index (χ0n) is 17.1. The van der Waals surface area contributed by atoms with Crippen molar-refractivity contribution in [2.75, 3.05) is 13.2 Å². The maximum Gasteiger partial charge on any atom is 0.326 e. The fraction of sp³-hybridized carbons (Fsp3) is 0.500. The number of carboxylic acid groups (broad SMARTS) is 1. The molecular formula is C20H30N4O6. The molecule has 3 amide bonds. The summed E-state index contributed by atoms with van der Waals surface area (Å²) >= 11 is 0. The van der Waals surface area contributed by atoms with Gasteiger partial charge in [-0.05, 0) is 24.3 Å². The first kappa shape index (κ1) is 25.1. The van der Waals surface area contributed by atoms with Crippen LogP contribution in [0.5, 0.6) is 0 Å². The quantitative estimate of drug-likeness (QED) is 0.245. The fourth-order valence-corrected chi connectivity index (χ4v) is 2.66. The van der Waals surface area contributed by atoms with Crippen molar-refractivity contribution >= 4 is 23.7 Å². The van der Waals surface area contributed by atoms with Crippen molar-refractivity contribution in [3.8, 4) is 0 Å². The van der Waals surface area contributed by atoms with Gasteiger partial charge in [-0.3, -0.25) is 14.4 Å². The Balaban J connectivity index is 2.51. The minimum absolute atomic E-state index is 0.0175. The Morgan fingerprint density at radius 1 is 1.00 bits per heavy atom. The normalized spacial score (nSPS) is 13.8. The number of aliphatic hydroxyl groups is 1. The highest BCUT2D eigenvalue weighted by molar-refractivity contribution is 5.92. The SMILES string of the molecule is CC(C)CC(NC(=O)C(CO)NC(=O)CNC(=O)C(N)Cc1ccccc1)C(=O)O. The standard InChI is InChI=1S/C20H30N4O6/c1-12(2)8-15(20(29)30)24-19(28)16(11-25)23-17(26)10-22-18(27)14(21)9-13-6-4-3-5-7-13/h3-7,12,14-16,25H,8-11,21H2,1-2H3,(H,22,27)(H,23,26)(H,24,28)(H,29,30). The molecule has 3 unspecified atom stereocenters. The van der Waals surface area contributed by atoms with Gasteiger partial charge >= 0.3 is 5.97 Å². The van der Waals surface area contributed by atoms with Gasteiger partial charge in [-0.1, -0.05) is 44.2 Å². The molecule has 0 saturated carbocycles. The van der Waals surface area contributed by atoms with Gasteiger partial charge in [0.25, 0.3) is 0 Å². The van der Waals surface area contributed by atoms with Crippen molar-refractivity contribution in [1.82, 2.24) is 16.0 Å². The Kier molecular flexibility index (Phi) is 10.5. The number of carboxylic acids is 1. The number of nitrogens with two attached hydrogens (primary N) is 1. The fourth-order valence-electron chi connectivity index (χ4n) is 2.66. The molecule has 0 saturated heterocycles. The van der Waals surface area contributed by atoms with Crippen molar-refractivity contribution in [2.24, 2.45) is 11.7 Å². The lowest BCUT2D eigenvalue weighted by Gasteiger charge is -2.21. The number of aliphatic carboxylic acids is 1. The monoisotopic (exact) mass is 422 g/mol. The summed E-state index contributed by atoms with van der Waals surface area (Å²) in [7, 11) is 0. The second-order valence-corrected chi connectivity index (χ2v) is 7.35. The molecule has 166 valence electrons. The van der Waals surface area contributed by atoms with Gasteiger partial charge in [0.1, 0.15) is 12.1 Å². The first-order valence-electron chi connectivity index (χ1n) is 9.64. The average molecular weight is 422 g/mol. The van der Waals surface area contributed by atoms with E-state index < -0.39 is 55.0 Å². The highest BCUT2D eigenvalue weighted by Crippen LogP contribution is 2.05. The molecule has 0 spiro atoms. The maximum atomic E-state index is 12.2. The van der Waals surface area contributed by atoms with Gasteiger partial charge in [-0.25, -0.2) is 4.79 Å². The number of carbonyl (C=O) groups excluding carboxylic acids is 3. The third-order valence-electron chi connectivity index (χ3n) is 4.21. The van der Waals surface area contributed by atoms with Crippen molar-refractivity contribution in [3.63, 3.8) is 0 Å². The third-order valence-corrected chi connectivity index (χ3v) is 4.21. The number of benzene rings is 1. The van der Waals surface area contributed by atoms with Gasteiger partial charge in [-0.2, -0.15) is 0 Å². The van der Waals surface area contributed by atoms with E-state index in [1.165, 1.54) is 0 Å². The predicted octanol–water partition coefficient (Wildman–Crippen LogP) is -1.23. The lowest BCUT2D eigenvalue weighted by Crippen LogP contribution is -2.55. The molecule has 10 heteroatoms. The van der Waals surface area contributed by atoms with Crippen LogP contribution in [-0.4, -0.2) is 65.2 Å². The van der Waals surface area contributed by atoms with Gasteiger partial charge in [0.05, 0.1) is 19.2 Å². The van der Waals surface area contributed by atoms with Gasteiger partial charge in [0.15, 0.2) is 0 Å². The molecule has 3 atom stereocenters. The Morgan fingerprint density at radius 2 is 1.63 bits per heavy atom. The molecular weight excluding hydrogens is 392 g/mol. The minimum atomic E-state index is -1.35. The van der Waals surface area contributed by atoms with Crippen molar-refractivity contribution in [2.45, 2.75) is 44.8 Å². The molecule has 0 heterocycles. The summed E-state index contributed by atoms with van der Waals surface area (Å²) in [5.41, 5.74) is 6.70. The highest BCUT2D eigenvalue weighted by Gasteiger charge is 2.27. The number of hydrogen-bond acceptors (Lipinski definition) is 6. The molecule has 30 heavy (non-hydrogen) atoms. The summed E-state index contributed by atoms with van der Waals surface area (Å²) in [5, 5.41) is 25.5. The molecule has 0 aliphatic carbocycles. The minimum Gasteiger partial charge on any atom is -0.480 e. The average Bonchev–Trinajstić information content (AvgIpc) is 2.69. The summed E-state index contributed by atoms with van der Waals surface area (Å²) in [6.07, 6.45) is 0.491. The van der Waals surface area contributed by atoms with Crippen LogP contribution < -0.4 is 21.7 Å². The van der Waals surface area contributed by atoms with Gasteiger partial charge < -0.3 is 31.9 Å². The van der Waals surface area contributed by atoms with Crippen LogP contribution in [-0.2, 0) is 25.6 Å². The van der Waals surface area contributed by atoms with Crippen LogP contribution in [0.1, 0.15) is 25.8 Å². The van der Waals surface area contributed by atoms with Gasteiger partial charge in [0, 0.05) is 0 Å². The molecule has 1 rings (SSSR count). The Labute approximate surface area is 175 Å². The second-order valence-electron chi connectivity index (χ2n) is 7.35. The molecule has 0 radical (unpaired) electrons. The number of nitrogens with one attached hydrogen (secondary N) is 3. The van der Waals surface area contributed by atoms with Crippen molar-refractivity contribution in [3.05, 3.63) is 35.9 Å². The summed E-state index contributed by atoms with van der Waals surface area (Å²) in [6, 6.07) is 5.80. The largest absolute Gasteiger partial charge is 0.480 e. The lowest BCUT2D eigenvalue weighted by atomic mass is 10.0. The first-order chi connectivity index (χ1) is 14.1. The van der Waals surface area contributed by atoms with Crippen LogP contribution in [0.15, 0.2) is 30.3 Å². The Hall–Kier alpha value is -2.98. The van der Waals surface area contributed by atoms with Crippen LogP contribution >= 0.6 is 0 Å². The topological polar surface area (TPSA) is 171 Å². The van der Waals surface area contributed by atoms with Crippen LogP contribution in [0.3, 0.4) is 0 Å². The van der Waals surface area contributed by atoms with E-state index in [9.17, 15) is 29.4 Å². The van der Waals surface area contributed by atoms with E-state index in [0.29, 0.717) is 6.42 Å². The van der Waals surface area contributed by atoms with E-state index in [4.69, 9.17) is 5.73 Å². The summed E-state index contributed by atoms with van der Waals surface area (Å²) in [5.74, 6) is -3.28. The molecule has 7 N–H and O–H groups in total. The lowest BCUT2D eigenvalue weighted by molar-refractivity contribution is -0.143. The molecule has 0 aromatic heterocycles. The molecule has 10 nitrogen and oxygen atoms in total. The number of amides is 3.